The summed E-state index contributed by atoms with van der Waals surface area (Å²) in [6.45, 7) is 2.28. The van der Waals surface area contributed by atoms with E-state index in [0.717, 1.165) is 0 Å². The molecule has 1 unspecified atom stereocenters. The molecule has 1 atom stereocenters. The SMILES string of the molecule is COc1ccc(C(=O)C(NCCNc2ncccn2)c2oc(C)cc(=O)c2O)cc1. The number of aromatic nitrogens is 2. The number of methoxy groups -OCH3 is 1. The van der Waals surface area contributed by atoms with Gasteiger partial charge in [0.25, 0.3) is 0 Å². The number of aryl methyl sites for hydroxylation is 1. The topological polar surface area (TPSA) is 127 Å². The van der Waals surface area contributed by atoms with E-state index in [1.165, 1.54) is 13.2 Å². The highest BCUT2D eigenvalue weighted by molar-refractivity contribution is 6.00. The number of rotatable bonds is 9. The Morgan fingerprint density at radius 2 is 1.90 bits per heavy atom. The third-order valence-corrected chi connectivity index (χ3v) is 4.29. The standard InChI is InChI=1S/C21H22N4O5/c1-13-12-16(26)19(28)20(30-13)17(18(27)14-4-6-15(29-2)7-5-14)22-10-11-25-21-23-8-3-9-24-21/h3-9,12,17,22,28H,10-11H2,1-2H3,(H,23,24,25). The quantitative estimate of drug-likeness (QED) is 0.359. The summed E-state index contributed by atoms with van der Waals surface area (Å²) in [6, 6.07) is 8.34. The van der Waals surface area contributed by atoms with Gasteiger partial charge in [0.1, 0.15) is 17.6 Å². The van der Waals surface area contributed by atoms with Crippen LogP contribution in [0.4, 0.5) is 5.95 Å². The first-order valence-corrected chi connectivity index (χ1v) is 9.25. The van der Waals surface area contributed by atoms with Crippen molar-refractivity contribution in [2.75, 3.05) is 25.5 Å². The van der Waals surface area contributed by atoms with Gasteiger partial charge < -0.3 is 19.6 Å². The first-order valence-electron chi connectivity index (χ1n) is 9.25. The van der Waals surface area contributed by atoms with Crippen molar-refractivity contribution < 1.29 is 19.1 Å². The van der Waals surface area contributed by atoms with Crippen molar-refractivity contribution >= 4 is 11.7 Å². The van der Waals surface area contributed by atoms with Crippen molar-refractivity contribution in [1.29, 1.82) is 0 Å². The third kappa shape index (κ3) is 5.00. The van der Waals surface area contributed by atoms with Crippen LogP contribution >= 0.6 is 0 Å². The van der Waals surface area contributed by atoms with Crippen LogP contribution in [-0.4, -0.2) is 41.1 Å². The van der Waals surface area contributed by atoms with Crippen LogP contribution in [-0.2, 0) is 0 Å². The number of hydrogen-bond donors (Lipinski definition) is 3. The average molecular weight is 410 g/mol. The number of nitrogens with zero attached hydrogens (tertiary/aromatic N) is 2. The highest BCUT2D eigenvalue weighted by atomic mass is 16.5. The monoisotopic (exact) mass is 410 g/mol. The van der Waals surface area contributed by atoms with Gasteiger partial charge in [0, 0.05) is 37.1 Å². The van der Waals surface area contributed by atoms with Gasteiger partial charge in [-0.3, -0.25) is 14.9 Å². The third-order valence-electron chi connectivity index (χ3n) is 4.29. The number of anilines is 1. The maximum absolute atomic E-state index is 13.2. The van der Waals surface area contributed by atoms with Crippen LogP contribution in [0.1, 0.15) is 27.9 Å². The minimum absolute atomic E-state index is 0.128. The zero-order chi connectivity index (χ0) is 21.5. The van der Waals surface area contributed by atoms with E-state index in [1.807, 2.05) is 0 Å². The van der Waals surface area contributed by atoms with Gasteiger partial charge in [-0.25, -0.2) is 9.97 Å². The van der Waals surface area contributed by atoms with Gasteiger partial charge in [0.05, 0.1) is 7.11 Å². The van der Waals surface area contributed by atoms with Crippen molar-refractivity contribution in [3.8, 4) is 11.5 Å². The van der Waals surface area contributed by atoms with E-state index in [4.69, 9.17) is 9.15 Å². The molecule has 9 nitrogen and oxygen atoms in total. The molecule has 0 fully saturated rings. The molecule has 0 aliphatic carbocycles. The molecule has 0 aliphatic rings. The number of carbonyl (C=O) groups is 1. The van der Waals surface area contributed by atoms with E-state index in [0.29, 0.717) is 30.4 Å². The maximum Gasteiger partial charge on any atom is 0.227 e. The molecule has 1 aromatic carbocycles. The first kappa shape index (κ1) is 21.0. The molecular weight excluding hydrogens is 388 g/mol. The Bertz CT molecular complexity index is 1050. The molecule has 0 radical (unpaired) electrons. The van der Waals surface area contributed by atoms with Gasteiger partial charge in [-0.05, 0) is 37.3 Å². The number of hydrogen-bond acceptors (Lipinski definition) is 9. The van der Waals surface area contributed by atoms with Crippen molar-refractivity contribution in [1.82, 2.24) is 15.3 Å². The predicted octanol–water partition coefficient (Wildman–Crippen LogP) is 2.08. The fourth-order valence-corrected chi connectivity index (χ4v) is 2.83. The van der Waals surface area contributed by atoms with E-state index in [2.05, 4.69) is 20.6 Å². The minimum atomic E-state index is -1.07. The smallest absolute Gasteiger partial charge is 0.227 e. The van der Waals surface area contributed by atoms with Gasteiger partial charge >= 0.3 is 0 Å². The van der Waals surface area contributed by atoms with Gasteiger partial charge in [0.2, 0.25) is 17.1 Å². The van der Waals surface area contributed by atoms with Crippen LogP contribution < -0.4 is 20.8 Å². The first-order chi connectivity index (χ1) is 14.5. The van der Waals surface area contributed by atoms with Crippen LogP contribution in [0.5, 0.6) is 11.5 Å². The maximum atomic E-state index is 13.2. The van der Waals surface area contributed by atoms with Crippen molar-refractivity contribution in [3.63, 3.8) is 0 Å². The van der Waals surface area contributed by atoms with E-state index < -0.39 is 17.2 Å². The molecule has 156 valence electrons. The van der Waals surface area contributed by atoms with Crippen LogP contribution in [0.25, 0.3) is 0 Å². The molecule has 3 aromatic rings. The highest BCUT2D eigenvalue weighted by Gasteiger charge is 2.28. The van der Waals surface area contributed by atoms with E-state index in [9.17, 15) is 14.7 Å². The molecule has 0 bridgehead atoms. The van der Waals surface area contributed by atoms with E-state index in [-0.39, 0.29) is 17.3 Å². The molecule has 30 heavy (non-hydrogen) atoms. The molecule has 0 amide bonds. The number of aromatic hydroxyl groups is 1. The summed E-state index contributed by atoms with van der Waals surface area (Å²) in [7, 11) is 1.53. The Kier molecular flexibility index (Phi) is 6.76. The fourth-order valence-electron chi connectivity index (χ4n) is 2.83. The number of ether oxygens (including phenoxy) is 1. The second-order valence-electron chi connectivity index (χ2n) is 6.41. The zero-order valence-electron chi connectivity index (χ0n) is 16.6. The Morgan fingerprint density at radius 3 is 2.57 bits per heavy atom. The summed E-state index contributed by atoms with van der Waals surface area (Å²) in [5, 5.41) is 16.3. The minimum Gasteiger partial charge on any atom is -0.502 e. The Morgan fingerprint density at radius 1 is 1.20 bits per heavy atom. The lowest BCUT2D eigenvalue weighted by Crippen LogP contribution is -2.33. The van der Waals surface area contributed by atoms with Crippen LogP contribution in [0.15, 0.2) is 58.0 Å². The molecular formula is C21H22N4O5. The largest absolute Gasteiger partial charge is 0.502 e. The summed E-state index contributed by atoms with van der Waals surface area (Å²) in [6.07, 6.45) is 3.22. The molecule has 3 rings (SSSR count). The lowest BCUT2D eigenvalue weighted by atomic mass is 10.0. The number of nitrogens with one attached hydrogen (secondary N) is 2. The van der Waals surface area contributed by atoms with Crippen LogP contribution in [0.2, 0.25) is 0 Å². The highest BCUT2D eigenvalue weighted by Crippen LogP contribution is 2.26. The molecule has 3 N–H and O–H groups in total. The zero-order valence-corrected chi connectivity index (χ0v) is 16.6. The van der Waals surface area contributed by atoms with Crippen molar-refractivity contribution in [3.05, 3.63) is 76.1 Å². The van der Waals surface area contributed by atoms with Crippen molar-refractivity contribution in [2.45, 2.75) is 13.0 Å². The number of carbonyl (C=O) groups excluding carboxylic acids is 1. The molecule has 0 spiro atoms. The Hall–Kier alpha value is -3.72. The molecule has 2 heterocycles. The predicted molar refractivity (Wildman–Crippen MR) is 110 cm³/mol. The van der Waals surface area contributed by atoms with Gasteiger partial charge in [-0.15, -0.1) is 0 Å². The summed E-state index contributed by atoms with van der Waals surface area (Å²) in [4.78, 5) is 33.3. The van der Waals surface area contributed by atoms with E-state index in [1.54, 1.807) is 49.6 Å². The fraction of sp³-hybridized carbons (Fsp3) is 0.238. The van der Waals surface area contributed by atoms with Gasteiger partial charge in [0.15, 0.2) is 11.5 Å². The van der Waals surface area contributed by atoms with Gasteiger partial charge in [-0.2, -0.15) is 0 Å². The summed E-state index contributed by atoms with van der Waals surface area (Å²) in [5.74, 6) is 0.252. The average Bonchev–Trinajstić information content (AvgIpc) is 2.77. The summed E-state index contributed by atoms with van der Waals surface area (Å²) in [5.41, 5.74) is -0.241. The molecule has 9 heteroatoms. The van der Waals surface area contributed by atoms with E-state index >= 15 is 0 Å². The Labute approximate surface area is 172 Å². The molecule has 0 saturated heterocycles. The lowest BCUT2D eigenvalue weighted by molar-refractivity contribution is 0.0927. The number of benzene rings is 1. The second-order valence-corrected chi connectivity index (χ2v) is 6.41. The summed E-state index contributed by atoms with van der Waals surface area (Å²) >= 11 is 0. The molecule has 0 aliphatic heterocycles. The van der Waals surface area contributed by atoms with Gasteiger partial charge in [-0.1, -0.05) is 0 Å². The Balaban J connectivity index is 1.82. The summed E-state index contributed by atoms with van der Waals surface area (Å²) < 4.78 is 10.7. The molecule has 0 saturated carbocycles. The lowest BCUT2D eigenvalue weighted by Gasteiger charge is -2.18. The molecule has 2 aromatic heterocycles. The normalized spacial score (nSPS) is 11.7. The van der Waals surface area contributed by atoms with Crippen LogP contribution in [0.3, 0.4) is 0 Å². The van der Waals surface area contributed by atoms with Crippen molar-refractivity contribution in [2.24, 2.45) is 0 Å². The number of Topliss-reactive ketones (excluding diaryl/α,β-unsaturated/α-hetero) is 1. The second kappa shape index (κ2) is 9.66. The van der Waals surface area contributed by atoms with Crippen LogP contribution in [0, 0.1) is 6.92 Å². The number of ketones is 1.